The van der Waals surface area contributed by atoms with Crippen LogP contribution in [0, 0.1) is 0 Å². The molecule has 0 saturated carbocycles. The van der Waals surface area contributed by atoms with E-state index >= 15 is 0 Å². The minimum Gasteiger partial charge on any atom is -0.345 e. The lowest BCUT2D eigenvalue weighted by Gasteiger charge is -2.25. The van der Waals surface area contributed by atoms with E-state index in [0.29, 0.717) is 13.1 Å². The van der Waals surface area contributed by atoms with Gasteiger partial charge in [0.05, 0.1) is 13.1 Å². The number of carbonyl (C=O) groups excluding carboxylic acids is 2. The number of likely N-dealkylation sites (N-methyl/N-ethyl adjacent to an activating group) is 1. The van der Waals surface area contributed by atoms with Crippen LogP contribution < -0.4 is 5.32 Å². The van der Waals surface area contributed by atoms with Gasteiger partial charge in [-0.05, 0) is 19.4 Å². The Morgan fingerprint density at radius 3 is 2.84 bits per heavy atom. The highest BCUT2D eigenvalue weighted by atomic mass is 16.2. The van der Waals surface area contributed by atoms with E-state index in [4.69, 9.17) is 0 Å². The van der Waals surface area contributed by atoms with Crippen molar-refractivity contribution in [2.45, 2.75) is 12.8 Å². The molecule has 0 bridgehead atoms. The maximum absolute atomic E-state index is 12.3. The maximum Gasteiger partial charge on any atom is 0.236 e. The van der Waals surface area contributed by atoms with E-state index in [1.165, 1.54) is 0 Å². The zero-order chi connectivity index (χ0) is 13.7. The Bertz CT molecular complexity index is 327. The largest absolute Gasteiger partial charge is 0.345 e. The predicted molar refractivity (Wildman–Crippen MR) is 72.8 cm³/mol. The minimum absolute atomic E-state index is 0.114. The fourth-order valence-corrected chi connectivity index (χ4v) is 2.57. The van der Waals surface area contributed by atoms with Gasteiger partial charge in [-0.15, -0.1) is 0 Å². The summed E-state index contributed by atoms with van der Waals surface area (Å²) in [6.07, 6.45) is 1.95. The van der Waals surface area contributed by atoms with E-state index in [-0.39, 0.29) is 11.8 Å². The highest BCUT2D eigenvalue weighted by molar-refractivity contribution is 5.81. The van der Waals surface area contributed by atoms with Gasteiger partial charge in [0.2, 0.25) is 11.8 Å². The molecule has 2 amide bonds. The molecule has 19 heavy (non-hydrogen) atoms. The highest BCUT2D eigenvalue weighted by Gasteiger charge is 2.23. The molecule has 2 saturated heterocycles. The van der Waals surface area contributed by atoms with Crippen LogP contribution in [0.4, 0.5) is 0 Å². The van der Waals surface area contributed by atoms with Gasteiger partial charge in [-0.2, -0.15) is 0 Å². The van der Waals surface area contributed by atoms with Gasteiger partial charge in [0, 0.05) is 39.8 Å². The molecule has 0 radical (unpaired) electrons. The Labute approximate surface area is 114 Å². The van der Waals surface area contributed by atoms with Gasteiger partial charge in [-0.1, -0.05) is 0 Å². The smallest absolute Gasteiger partial charge is 0.236 e. The van der Waals surface area contributed by atoms with Gasteiger partial charge in [-0.3, -0.25) is 14.5 Å². The zero-order valence-electron chi connectivity index (χ0n) is 11.7. The Balaban J connectivity index is 1.85. The van der Waals surface area contributed by atoms with Crippen LogP contribution in [0.2, 0.25) is 0 Å². The van der Waals surface area contributed by atoms with Crippen LogP contribution in [0.3, 0.4) is 0 Å². The van der Waals surface area contributed by atoms with Crippen LogP contribution in [0.25, 0.3) is 0 Å². The quantitative estimate of drug-likeness (QED) is 0.696. The van der Waals surface area contributed by atoms with Gasteiger partial charge in [0.25, 0.3) is 0 Å². The molecule has 6 nitrogen and oxygen atoms in total. The Morgan fingerprint density at radius 2 is 2.00 bits per heavy atom. The maximum atomic E-state index is 12.3. The molecule has 0 unspecified atom stereocenters. The summed E-state index contributed by atoms with van der Waals surface area (Å²) >= 11 is 0. The summed E-state index contributed by atoms with van der Waals surface area (Å²) in [6, 6.07) is 0. The lowest BCUT2D eigenvalue weighted by molar-refractivity contribution is -0.134. The molecule has 2 rings (SSSR count). The van der Waals surface area contributed by atoms with Crippen molar-refractivity contribution in [3.63, 3.8) is 0 Å². The second-order valence-corrected chi connectivity index (χ2v) is 5.36. The highest BCUT2D eigenvalue weighted by Crippen LogP contribution is 2.04. The molecule has 1 N–H and O–H groups in total. The van der Waals surface area contributed by atoms with Crippen LogP contribution in [0.5, 0.6) is 0 Å². The predicted octanol–water partition coefficient (Wildman–Crippen LogP) is -1.03. The van der Waals surface area contributed by atoms with E-state index in [1.807, 2.05) is 16.8 Å². The third kappa shape index (κ3) is 4.18. The summed E-state index contributed by atoms with van der Waals surface area (Å²) in [5.74, 6) is 0.267. The van der Waals surface area contributed by atoms with Crippen molar-refractivity contribution in [1.82, 2.24) is 20.0 Å². The lowest BCUT2D eigenvalue weighted by atomic mass is 10.3. The fourth-order valence-electron chi connectivity index (χ4n) is 2.57. The Hall–Kier alpha value is -1.14. The summed E-state index contributed by atoms with van der Waals surface area (Å²) < 4.78 is 0. The molecular weight excluding hydrogens is 244 g/mol. The summed E-state index contributed by atoms with van der Waals surface area (Å²) in [5.41, 5.74) is 0. The topological polar surface area (TPSA) is 55.9 Å². The van der Waals surface area contributed by atoms with Crippen molar-refractivity contribution < 1.29 is 9.59 Å². The van der Waals surface area contributed by atoms with Crippen molar-refractivity contribution in [2.75, 3.05) is 59.4 Å². The van der Waals surface area contributed by atoms with Crippen LogP contribution in [0.15, 0.2) is 0 Å². The van der Waals surface area contributed by atoms with Crippen molar-refractivity contribution >= 4 is 11.8 Å². The minimum atomic E-state index is 0.114. The molecule has 0 atom stereocenters. The first-order valence-corrected chi connectivity index (χ1v) is 7.11. The molecular formula is C13H24N4O2. The van der Waals surface area contributed by atoms with E-state index in [1.54, 1.807) is 4.90 Å². The van der Waals surface area contributed by atoms with E-state index in [2.05, 4.69) is 5.32 Å². The van der Waals surface area contributed by atoms with Gasteiger partial charge < -0.3 is 15.1 Å². The molecule has 108 valence electrons. The first-order valence-electron chi connectivity index (χ1n) is 7.11. The number of nitrogens with zero attached hydrogens (tertiary/aromatic N) is 3. The summed E-state index contributed by atoms with van der Waals surface area (Å²) in [4.78, 5) is 29.7. The van der Waals surface area contributed by atoms with Gasteiger partial charge in [-0.25, -0.2) is 0 Å². The molecule has 0 aliphatic carbocycles. The molecule has 2 fully saturated rings. The molecule has 0 spiro atoms. The SMILES string of the molecule is CN1CCCN(CC(=O)N2CCCNCC2)CC1=O. The normalized spacial score (nSPS) is 23.1. The van der Waals surface area contributed by atoms with Crippen molar-refractivity contribution in [3.05, 3.63) is 0 Å². The molecule has 2 aliphatic heterocycles. The molecule has 0 aromatic rings. The summed E-state index contributed by atoms with van der Waals surface area (Å²) in [6.45, 7) is 5.82. The van der Waals surface area contributed by atoms with E-state index in [0.717, 1.165) is 52.1 Å². The summed E-state index contributed by atoms with van der Waals surface area (Å²) in [7, 11) is 1.83. The van der Waals surface area contributed by atoms with Crippen molar-refractivity contribution in [2.24, 2.45) is 0 Å². The number of hydrogen-bond donors (Lipinski definition) is 1. The molecule has 2 heterocycles. The average molecular weight is 268 g/mol. The number of carbonyl (C=O) groups is 2. The van der Waals surface area contributed by atoms with Gasteiger partial charge in [0.15, 0.2) is 0 Å². The lowest BCUT2D eigenvalue weighted by Crippen LogP contribution is -2.44. The van der Waals surface area contributed by atoms with Gasteiger partial charge >= 0.3 is 0 Å². The number of rotatable bonds is 2. The van der Waals surface area contributed by atoms with Crippen LogP contribution in [0.1, 0.15) is 12.8 Å². The first kappa shape index (κ1) is 14.3. The number of hydrogen-bond acceptors (Lipinski definition) is 4. The van der Waals surface area contributed by atoms with Crippen molar-refractivity contribution in [3.8, 4) is 0 Å². The molecule has 0 aromatic heterocycles. The van der Waals surface area contributed by atoms with Gasteiger partial charge in [0.1, 0.15) is 0 Å². The second kappa shape index (κ2) is 6.86. The van der Waals surface area contributed by atoms with Crippen LogP contribution in [-0.2, 0) is 9.59 Å². The third-order valence-electron chi connectivity index (χ3n) is 3.80. The van der Waals surface area contributed by atoms with E-state index < -0.39 is 0 Å². The first-order chi connectivity index (χ1) is 9.16. The standard InChI is InChI=1S/C13H24N4O2/c1-15-6-3-7-16(10-12(15)18)11-13(19)17-8-2-4-14-5-9-17/h14H,2-11H2,1H3. The second-order valence-electron chi connectivity index (χ2n) is 5.36. The Kier molecular flexibility index (Phi) is 5.15. The summed E-state index contributed by atoms with van der Waals surface area (Å²) in [5, 5.41) is 3.29. The molecule has 0 aromatic carbocycles. The van der Waals surface area contributed by atoms with Crippen LogP contribution >= 0.6 is 0 Å². The number of amides is 2. The zero-order valence-corrected chi connectivity index (χ0v) is 11.7. The van der Waals surface area contributed by atoms with E-state index in [9.17, 15) is 9.59 Å². The monoisotopic (exact) mass is 268 g/mol. The molecule has 2 aliphatic rings. The fraction of sp³-hybridized carbons (Fsp3) is 0.846. The average Bonchev–Trinajstić information content (AvgIpc) is 2.73. The third-order valence-corrected chi connectivity index (χ3v) is 3.80. The molecule has 6 heteroatoms. The van der Waals surface area contributed by atoms with Crippen molar-refractivity contribution in [1.29, 1.82) is 0 Å². The number of nitrogens with one attached hydrogen (secondary N) is 1. The Morgan fingerprint density at radius 1 is 1.16 bits per heavy atom. The van der Waals surface area contributed by atoms with Crippen LogP contribution in [-0.4, -0.2) is 85.9 Å².